The van der Waals surface area contributed by atoms with E-state index in [1.165, 1.54) is 59.6 Å². The Labute approximate surface area is 468 Å². The lowest BCUT2D eigenvalue weighted by Gasteiger charge is -2.31. The SMILES string of the molecule is CSCCC(N)C(=O)NC(CC(N)=O)C(=O)NC(Cc1ccc(O)cc1)C(=O)NC(CC(C)C)C(=O)NC(C)C(=O)NC(Cc1ccccc1)C(=O)N1CCCC1C(=O)NC(CCCN=C(N)N)C(=O)NC(CCSC)C(=O)O. The van der Waals surface area contributed by atoms with Crippen LogP contribution in [-0.2, 0) is 60.8 Å². The molecular formula is C52H79N13O12S2. The van der Waals surface area contributed by atoms with Crippen molar-refractivity contribution in [2.75, 3.05) is 37.1 Å². The predicted molar refractivity (Wildman–Crippen MR) is 301 cm³/mol. The molecule has 1 aliphatic rings. The fraction of sp³-hybridized carbons (Fsp3) is 0.558. The highest BCUT2D eigenvalue weighted by Crippen LogP contribution is 2.21. The number of carboxylic acids is 1. The first-order chi connectivity index (χ1) is 37.4. The zero-order valence-electron chi connectivity index (χ0n) is 45.4. The number of nitrogens with two attached hydrogens (primary N) is 4. The van der Waals surface area contributed by atoms with Crippen molar-refractivity contribution in [1.29, 1.82) is 0 Å². The lowest BCUT2D eigenvalue weighted by molar-refractivity contribution is -0.143. The van der Waals surface area contributed by atoms with E-state index in [9.17, 15) is 58.2 Å². The second-order valence-corrected chi connectivity index (χ2v) is 21.6. The molecular weight excluding hydrogens is 1060 g/mol. The second-order valence-electron chi connectivity index (χ2n) is 19.6. The minimum atomic E-state index is -1.53. The van der Waals surface area contributed by atoms with Crippen molar-refractivity contribution >= 4 is 88.6 Å². The van der Waals surface area contributed by atoms with E-state index in [0.717, 1.165) is 0 Å². The summed E-state index contributed by atoms with van der Waals surface area (Å²) in [5, 5.41) is 38.0. The molecule has 2 aromatic carbocycles. The highest BCUT2D eigenvalue weighted by Gasteiger charge is 2.40. The molecule has 17 N–H and O–H groups in total. The van der Waals surface area contributed by atoms with Gasteiger partial charge in [-0.25, -0.2) is 4.79 Å². The number of nitrogens with zero attached hydrogens (tertiary/aromatic N) is 2. The Bertz CT molecular complexity index is 2420. The van der Waals surface area contributed by atoms with E-state index in [1.807, 2.05) is 6.26 Å². The van der Waals surface area contributed by atoms with E-state index < -0.39 is 120 Å². The van der Waals surface area contributed by atoms with Gasteiger partial charge in [-0.1, -0.05) is 56.3 Å². The van der Waals surface area contributed by atoms with Crippen LogP contribution in [0.3, 0.4) is 0 Å². The maximum absolute atomic E-state index is 14.6. The molecule has 0 aromatic heterocycles. The number of benzene rings is 2. The van der Waals surface area contributed by atoms with Crippen LogP contribution in [0.4, 0.5) is 0 Å². The summed E-state index contributed by atoms with van der Waals surface area (Å²) in [6, 6.07) is 3.06. The van der Waals surface area contributed by atoms with E-state index in [2.05, 4.69) is 42.2 Å². The molecule has 1 aliphatic heterocycles. The number of carboxylic acid groups (broad SMARTS) is 1. The summed E-state index contributed by atoms with van der Waals surface area (Å²) < 4.78 is 0. The second kappa shape index (κ2) is 34.0. The van der Waals surface area contributed by atoms with Gasteiger partial charge in [0.15, 0.2) is 5.96 Å². The van der Waals surface area contributed by atoms with Gasteiger partial charge in [0, 0.05) is 25.9 Å². The van der Waals surface area contributed by atoms with Crippen LogP contribution < -0.4 is 60.2 Å². The lowest BCUT2D eigenvalue weighted by Crippen LogP contribution is -2.60. The van der Waals surface area contributed by atoms with Crippen LogP contribution in [0.15, 0.2) is 59.6 Å². The molecule has 9 unspecified atom stereocenters. The number of thioether (sulfide) groups is 2. The van der Waals surface area contributed by atoms with Crippen molar-refractivity contribution in [1.82, 2.24) is 42.1 Å². The number of primary amides is 1. The molecule has 9 amide bonds. The van der Waals surface area contributed by atoms with Crippen molar-refractivity contribution < 1.29 is 58.2 Å². The first kappa shape index (κ1) is 66.2. The molecule has 0 spiro atoms. The number of carbonyl (C=O) groups is 10. The van der Waals surface area contributed by atoms with E-state index >= 15 is 0 Å². The van der Waals surface area contributed by atoms with E-state index in [4.69, 9.17) is 22.9 Å². The smallest absolute Gasteiger partial charge is 0.326 e. The van der Waals surface area contributed by atoms with Gasteiger partial charge >= 0.3 is 5.97 Å². The van der Waals surface area contributed by atoms with Crippen molar-refractivity contribution in [3.63, 3.8) is 0 Å². The predicted octanol–water partition coefficient (Wildman–Crippen LogP) is -1.52. The molecule has 2 aromatic rings. The maximum atomic E-state index is 14.6. The molecule has 0 bridgehead atoms. The number of likely N-dealkylation sites (tertiary alicyclic amines) is 1. The molecule has 436 valence electrons. The Kier molecular flexibility index (Phi) is 28.5. The Morgan fingerprint density at radius 1 is 0.646 bits per heavy atom. The maximum Gasteiger partial charge on any atom is 0.326 e. The van der Waals surface area contributed by atoms with Crippen LogP contribution in [0, 0.1) is 5.92 Å². The zero-order valence-corrected chi connectivity index (χ0v) is 47.0. The van der Waals surface area contributed by atoms with Gasteiger partial charge < -0.3 is 75.3 Å². The minimum Gasteiger partial charge on any atom is -0.508 e. The van der Waals surface area contributed by atoms with Gasteiger partial charge in [-0.2, -0.15) is 23.5 Å². The van der Waals surface area contributed by atoms with Gasteiger partial charge in [0.25, 0.3) is 0 Å². The zero-order chi connectivity index (χ0) is 58.8. The molecule has 79 heavy (non-hydrogen) atoms. The Morgan fingerprint density at radius 2 is 1.19 bits per heavy atom. The summed E-state index contributed by atoms with van der Waals surface area (Å²) in [6.45, 7) is 5.17. The summed E-state index contributed by atoms with van der Waals surface area (Å²) >= 11 is 2.85. The average molecular weight is 1140 g/mol. The average Bonchev–Trinajstić information content (AvgIpc) is 3.91. The third kappa shape index (κ3) is 23.4. The summed E-state index contributed by atoms with van der Waals surface area (Å²) in [7, 11) is 0. The van der Waals surface area contributed by atoms with Gasteiger partial charge in [0.1, 0.15) is 54.1 Å². The summed E-state index contributed by atoms with van der Waals surface area (Å²) in [5.74, 6) is -7.85. The van der Waals surface area contributed by atoms with Crippen molar-refractivity contribution in [2.24, 2.45) is 33.8 Å². The number of aliphatic carboxylic acids is 1. The van der Waals surface area contributed by atoms with Gasteiger partial charge in [-0.05, 0) is 105 Å². The summed E-state index contributed by atoms with van der Waals surface area (Å²) in [4.78, 5) is 141. The molecule has 25 nitrogen and oxygen atoms in total. The van der Waals surface area contributed by atoms with Crippen LogP contribution in [0.25, 0.3) is 0 Å². The summed E-state index contributed by atoms with van der Waals surface area (Å²) in [6.07, 6.45) is 4.05. The number of guanidine groups is 1. The number of hydrogen-bond donors (Lipinski definition) is 13. The number of carbonyl (C=O) groups excluding carboxylic acids is 9. The fourth-order valence-electron chi connectivity index (χ4n) is 8.42. The number of aliphatic imine (C=N–C) groups is 1. The fourth-order valence-corrected chi connectivity index (χ4v) is 9.39. The van der Waals surface area contributed by atoms with Gasteiger partial charge in [0.2, 0.25) is 53.2 Å². The van der Waals surface area contributed by atoms with Crippen LogP contribution in [0.2, 0.25) is 0 Å². The van der Waals surface area contributed by atoms with Crippen molar-refractivity contribution in [3.8, 4) is 5.75 Å². The number of amides is 9. The Morgan fingerprint density at radius 3 is 1.80 bits per heavy atom. The largest absolute Gasteiger partial charge is 0.508 e. The monoisotopic (exact) mass is 1140 g/mol. The molecule has 0 radical (unpaired) electrons. The van der Waals surface area contributed by atoms with E-state index in [0.29, 0.717) is 29.1 Å². The Hall–Kier alpha value is -7.13. The summed E-state index contributed by atoms with van der Waals surface area (Å²) in [5.41, 5.74) is 23.5. The standard InChI is InChI=1S/C52H79N13O12S2/c1-29(2)25-37(62-47(72)38(26-32-15-17-33(66)18-16-32)63-48(73)39(28-42(54)67)61-44(69)34(53)19-23-78-4)46(71)58-30(3)43(68)64-40(27-31-11-7-6-8-12-31)50(75)65-22-10-14-41(65)49(74)59-35(13-9-21-57-52(55)56)45(70)60-36(51(76)77)20-24-79-5/h6-8,11-12,15-18,29-30,34-41,66H,9-10,13-14,19-28,53H2,1-5H3,(H2,54,67)(H,58,71)(H,59,74)(H,60,70)(H,61,69)(H,62,72)(H,63,73)(H,64,68)(H,76,77)(H4,55,56,57). The number of hydrogen-bond acceptors (Lipinski definition) is 15. The number of phenols is 1. The van der Waals surface area contributed by atoms with E-state index in [1.54, 1.807) is 50.4 Å². The van der Waals surface area contributed by atoms with Gasteiger partial charge in [-0.15, -0.1) is 0 Å². The van der Waals surface area contributed by atoms with Crippen LogP contribution in [-0.4, -0.2) is 172 Å². The molecule has 1 saturated heterocycles. The number of aromatic hydroxyl groups is 1. The van der Waals surface area contributed by atoms with Crippen molar-refractivity contribution in [3.05, 3.63) is 65.7 Å². The van der Waals surface area contributed by atoms with Gasteiger partial charge in [-0.3, -0.25) is 48.1 Å². The normalized spacial score (nSPS) is 16.0. The number of nitrogens with one attached hydrogen (secondary N) is 7. The minimum absolute atomic E-state index is 0.0211. The molecule has 27 heteroatoms. The molecule has 1 fully saturated rings. The topological polar surface area (TPSA) is 415 Å². The third-order valence-corrected chi connectivity index (χ3v) is 13.9. The first-order valence-corrected chi connectivity index (χ1v) is 28.8. The third-order valence-electron chi connectivity index (χ3n) is 12.6. The first-order valence-electron chi connectivity index (χ1n) is 26.0. The number of rotatable bonds is 34. The van der Waals surface area contributed by atoms with Crippen LogP contribution in [0.1, 0.15) is 83.3 Å². The quantitative estimate of drug-likeness (QED) is 0.0215. The molecule has 0 aliphatic carbocycles. The van der Waals surface area contributed by atoms with Crippen LogP contribution in [0.5, 0.6) is 5.75 Å². The number of phenolic OH excluding ortho intramolecular Hbond substituents is 1. The Balaban J connectivity index is 1.87. The molecule has 3 rings (SSSR count). The van der Waals surface area contributed by atoms with Gasteiger partial charge in [0.05, 0.1) is 12.5 Å². The molecule has 0 saturated carbocycles. The lowest BCUT2D eigenvalue weighted by atomic mass is 10.00. The van der Waals surface area contributed by atoms with Crippen molar-refractivity contribution in [2.45, 2.75) is 139 Å². The highest BCUT2D eigenvalue weighted by atomic mass is 32.2. The van der Waals surface area contributed by atoms with Crippen LogP contribution >= 0.6 is 23.5 Å². The highest BCUT2D eigenvalue weighted by molar-refractivity contribution is 7.98. The molecule has 9 atom stereocenters. The van der Waals surface area contributed by atoms with E-state index in [-0.39, 0.29) is 82.1 Å². The molecule has 1 heterocycles.